The lowest BCUT2D eigenvalue weighted by Gasteiger charge is -2.09. The van der Waals surface area contributed by atoms with Crippen molar-refractivity contribution in [1.82, 2.24) is 4.98 Å². The van der Waals surface area contributed by atoms with E-state index in [1.807, 2.05) is 13.0 Å². The monoisotopic (exact) mass is 152 g/mol. The van der Waals surface area contributed by atoms with E-state index in [1.54, 1.807) is 12.3 Å². The summed E-state index contributed by atoms with van der Waals surface area (Å²) in [6.07, 6.45) is 1.12. The fourth-order valence-electron chi connectivity index (χ4n) is 0.976. The highest BCUT2D eigenvalue weighted by atomic mass is 16.3. The fraction of sp³-hybridized carbons (Fsp3) is 0.375. The predicted molar refractivity (Wildman–Crippen MR) is 43.0 cm³/mol. The zero-order valence-electron chi connectivity index (χ0n) is 6.49. The molecule has 1 rings (SSSR count). The Hall–Kier alpha value is -0.930. The number of hydrogen-bond acceptors (Lipinski definition) is 3. The maximum atomic E-state index is 9.35. The average Bonchev–Trinajstić information content (AvgIpc) is 2.04. The Balaban J connectivity index is 2.93. The summed E-state index contributed by atoms with van der Waals surface area (Å²) in [5.41, 5.74) is 6.95. The zero-order chi connectivity index (χ0) is 8.27. The molecule has 0 radical (unpaired) electrons. The van der Waals surface area contributed by atoms with Crippen LogP contribution < -0.4 is 5.73 Å². The average molecular weight is 152 g/mol. The van der Waals surface area contributed by atoms with E-state index >= 15 is 0 Å². The minimum Gasteiger partial charge on any atom is -0.387 e. The third kappa shape index (κ3) is 1.76. The third-order valence-electron chi connectivity index (χ3n) is 1.63. The van der Waals surface area contributed by atoms with Gasteiger partial charge < -0.3 is 10.8 Å². The summed E-state index contributed by atoms with van der Waals surface area (Å²) < 4.78 is 0. The van der Waals surface area contributed by atoms with Gasteiger partial charge in [0.15, 0.2) is 0 Å². The normalized spacial score (nSPS) is 13.0. The van der Waals surface area contributed by atoms with Crippen molar-refractivity contribution in [3.05, 3.63) is 29.6 Å². The van der Waals surface area contributed by atoms with E-state index in [1.165, 1.54) is 0 Å². The number of aromatic nitrogens is 1. The maximum absolute atomic E-state index is 9.35. The molecule has 1 aromatic heterocycles. The summed E-state index contributed by atoms with van der Waals surface area (Å²) in [7, 11) is 0. The summed E-state index contributed by atoms with van der Waals surface area (Å²) in [4.78, 5) is 4.03. The lowest BCUT2D eigenvalue weighted by atomic mass is 10.1. The van der Waals surface area contributed by atoms with Gasteiger partial charge in [0.2, 0.25) is 0 Å². The molecule has 0 fully saturated rings. The van der Waals surface area contributed by atoms with E-state index in [0.29, 0.717) is 0 Å². The second-order valence-electron chi connectivity index (χ2n) is 2.43. The SMILES string of the molecule is Cc1ncccc1[C@@H](O)CN. The number of aliphatic hydroxyl groups excluding tert-OH is 1. The molecule has 0 amide bonds. The van der Waals surface area contributed by atoms with E-state index in [2.05, 4.69) is 4.98 Å². The molecule has 3 nitrogen and oxygen atoms in total. The largest absolute Gasteiger partial charge is 0.387 e. The van der Waals surface area contributed by atoms with Crippen LogP contribution in [0.4, 0.5) is 0 Å². The van der Waals surface area contributed by atoms with Crippen LogP contribution in [0.15, 0.2) is 18.3 Å². The van der Waals surface area contributed by atoms with Crippen molar-refractivity contribution in [1.29, 1.82) is 0 Å². The molecule has 0 aliphatic heterocycles. The lowest BCUT2D eigenvalue weighted by Crippen LogP contribution is -2.12. The Morgan fingerprint density at radius 2 is 2.45 bits per heavy atom. The standard InChI is InChI=1S/C8H12N2O/c1-6-7(8(11)5-9)3-2-4-10-6/h2-4,8,11H,5,9H2,1H3/t8-/m0/s1. The Morgan fingerprint density at radius 1 is 1.73 bits per heavy atom. The summed E-state index contributed by atoms with van der Waals surface area (Å²) in [6, 6.07) is 3.63. The van der Waals surface area contributed by atoms with Crippen LogP contribution in [-0.4, -0.2) is 16.6 Å². The molecule has 0 spiro atoms. The summed E-state index contributed by atoms with van der Waals surface area (Å²) in [5.74, 6) is 0. The van der Waals surface area contributed by atoms with Gasteiger partial charge in [0.05, 0.1) is 6.10 Å². The molecular weight excluding hydrogens is 140 g/mol. The van der Waals surface area contributed by atoms with Gasteiger partial charge in [-0.15, -0.1) is 0 Å². The van der Waals surface area contributed by atoms with Crippen molar-refractivity contribution in [2.75, 3.05) is 6.54 Å². The third-order valence-corrected chi connectivity index (χ3v) is 1.63. The van der Waals surface area contributed by atoms with Crippen LogP contribution in [0.3, 0.4) is 0 Å². The van der Waals surface area contributed by atoms with Crippen molar-refractivity contribution >= 4 is 0 Å². The van der Waals surface area contributed by atoms with Crippen molar-refractivity contribution in [2.45, 2.75) is 13.0 Å². The molecular formula is C8H12N2O. The number of nitrogens with two attached hydrogens (primary N) is 1. The van der Waals surface area contributed by atoms with E-state index in [4.69, 9.17) is 5.73 Å². The number of aryl methyl sites for hydroxylation is 1. The van der Waals surface area contributed by atoms with Gasteiger partial charge in [-0.2, -0.15) is 0 Å². The molecule has 0 aliphatic carbocycles. The molecule has 0 aromatic carbocycles. The highest BCUT2D eigenvalue weighted by molar-refractivity contribution is 5.20. The second kappa shape index (κ2) is 3.46. The highest BCUT2D eigenvalue weighted by Crippen LogP contribution is 2.12. The Labute approximate surface area is 65.9 Å². The smallest absolute Gasteiger partial charge is 0.0929 e. The van der Waals surface area contributed by atoms with Crippen LogP contribution in [0.25, 0.3) is 0 Å². The molecule has 3 heteroatoms. The molecule has 1 aromatic rings. The lowest BCUT2D eigenvalue weighted by molar-refractivity contribution is 0.185. The quantitative estimate of drug-likeness (QED) is 0.644. The topological polar surface area (TPSA) is 59.1 Å². The minimum absolute atomic E-state index is 0.243. The van der Waals surface area contributed by atoms with Gasteiger partial charge in [0, 0.05) is 24.0 Å². The Bertz CT molecular complexity index is 237. The number of pyridine rings is 1. The minimum atomic E-state index is -0.580. The van der Waals surface area contributed by atoms with Crippen LogP contribution >= 0.6 is 0 Å². The van der Waals surface area contributed by atoms with Crippen molar-refractivity contribution in [3.8, 4) is 0 Å². The van der Waals surface area contributed by atoms with Gasteiger partial charge >= 0.3 is 0 Å². The van der Waals surface area contributed by atoms with Gasteiger partial charge in [0.25, 0.3) is 0 Å². The molecule has 60 valence electrons. The van der Waals surface area contributed by atoms with Gasteiger partial charge in [-0.1, -0.05) is 6.07 Å². The van der Waals surface area contributed by atoms with Crippen LogP contribution in [0.2, 0.25) is 0 Å². The van der Waals surface area contributed by atoms with Crippen LogP contribution in [0.1, 0.15) is 17.4 Å². The number of hydrogen-bond donors (Lipinski definition) is 2. The summed E-state index contributed by atoms with van der Waals surface area (Å²) >= 11 is 0. The first-order chi connectivity index (χ1) is 5.25. The molecule has 0 saturated heterocycles. The van der Waals surface area contributed by atoms with E-state index in [9.17, 15) is 5.11 Å². The van der Waals surface area contributed by atoms with E-state index in [-0.39, 0.29) is 6.54 Å². The van der Waals surface area contributed by atoms with Gasteiger partial charge in [-0.3, -0.25) is 4.98 Å². The van der Waals surface area contributed by atoms with Crippen LogP contribution in [0, 0.1) is 6.92 Å². The van der Waals surface area contributed by atoms with Gasteiger partial charge in [-0.25, -0.2) is 0 Å². The molecule has 3 N–H and O–H groups in total. The summed E-state index contributed by atoms with van der Waals surface area (Å²) in [5, 5.41) is 9.35. The Kier molecular flexibility index (Phi) is 2.57. The first-order valence-corrected chi connectivity index (χ1v) is 3.55. The van der Waals surface area contributed by atoms with Crippen LogP contribution in [-0.2, 0) is 0 Å². The van der Waals surface area contributed by atoms with E-state index < -0.39 is 6.10 Å². The molecule has 0 aliphatic rings. The van der Waals surface area contributed by atoms with Crippen LogP contribution in [0.5, 0.6) is 0 Å². The zero-order valence-corrected chi connectivity index (χ0v) is 6.49. The van der Waals surface area contributed by atoms with E-state index in [0.717, 1.165) is 11.3 Å². The molecule has 1 heterocycles. The van der Waals surface area contributed by atoms with Gasteiger partial charge in [0.1, 0.15) is 0 Å². The van der Waals surface area contributed by atoms with Gasteiger partial charge in [-0.05, 0) is 13.0 Å². The summed E-state index contributed by atoms with van der Waals surface area (Å²) in [6.45, 7) is 2.10. The molecule has 11 heavy (non-hydrogen) atoms. The fourth-order valence-corrected chi connectivity index (χ4v) is 0.976. The highest BCUT2D eigenvalue weighted by Gasteiger charge is 2.06. The molecule has 0 saturated carbocycles. The number of rotatable bonds is 2. The molecule has 1 atom stereocenters. The molecule has 0 bridgehead atoms. The predicted octanol–water partition coefficient (Wildman–Crippen LogP) is 0.382. The van der Waals surface area contributed by atoms with Crippen molar-refractivity contribution in [3.63, 3.8) is 0 Å². The van der Waals surface area contributed by atoms with Crippen molar-refractivity contribution in [2.24, 2.45) is 5.73 Å². The maximum Gasteiger partial charge on any atom is 0.0929 e. The molecule has 0 unspecified atom stereocenters. The second-order valence-corrected chi connectivity index (χ2v) is 2.43. The van der Waals surface area contributed by atoms with Crippen molar-refractivity contribution < 1.29 is 5.11 Å². The first-order valence-electron chi connectivity index (χ1n) is 3.55. The number of nitrogens with zero attached hydrogens (tertiary/aromatic N) is 1. The Morgan fingerprint density at radius 3 is 3.00 bits per heavy atom. The number of aliphatic hydroxyl groups is 1. The first kappa shape index (κ1) is 8.17.